The third-order valence-corrected chi connectivity index (χ3v) is 4.16. The van der Waals surface area contributed by atoms with Gasteiger partial charge in [0, 0.05) is 35.7 Å². The van der Waals surface area contributed by atoms with E-state index >= 15 is 0 Å². The van der Waals surface area contributed by atoms with Crippen molar-refractivity contribution in [3.05, 3.63) is 69.0 Å². The molecular formula is C17H14ClN5O3. The molecule has 0 fully saturated rings. The van der Waals surface area contributed by atoms with Crippen molar-refractivity contribution in [3.63, 3.8) is 0 Å². The number of aromatic nitrogens is 3. The lowest BCUT2D eigenvalue weighted by atomic mass is 10.1. The number of rotatable bonds is 5. The first-order valence-electron chi connectivity index (χ1n) is 7.74. The van der Waals surface area contributed by atoms with Crippen molar-refractivity contribution in [1.82, 2.24) is 15.2 Å². The summed E-state index contributed by atoms with van der Waals surface area (Å²) in [6.07, 6.45) is 3.94. The molecular weight excluding hydrogens is 358 g/mol. The number of nitro benzene ring substituents is 1. The Labute approximate surface area is 153 Å². The van der Waals surface area contributed by atoms with Crippen molar-refractivity contribution in [2.75, 3.05) is 5.32 Å². The van der Waals surface area contributed by atoms with Gasteiger partial charge >= 0.3 is 0 Å². The van der Waals surface area contributed by atoms with Gasteiger partial charge in [0.2, 0.25) is 0 Å². The average Bonchev–Trinajstić information content (AvgIpc) is 3.05. The number of H-pyrrole nitrogens is 1. The second kappa shape index (κ2) is 7.32. The molecule has 26 heavy (non-hydrogen) atoms. The number of nitrogens with zero attached hydrogens (tertiary/aromatic N) is 3. The zero-order valence-electron chi connectivity index (χ0n) is 13.7. The number of nitro groups is 1. The molecule has 1 amide bonds. The van der Waals surface area contributed by atoms with Crippen molar-refractivity contribution in [1.29, 1.82) is 0 Å². The maximum atomic E-state index is 12.5. The van der Waals surface area contributed by atoms with E-state index in [4.69, 9.17) is 11.6 Å². The van der Waals surface area contributed by atoms with Crippen LogP contribution in [0.5, 0.6) is 0 Å². The normalized spacial score (nSPS) is 10.5. The van der Waals surface area contributed by atoms with Crippen LogP contribution in [0.4, 0.5) is 11.5 Å². The molecule has 2 heterocycles. The van der Waals surface area contributed by atoms with Gasteiger partial charge in [0.1, 0.15) is 0 Å². The number of carbonyl (C=O) groups is 1. The van der Waals surface area contributed by atoms with Gasteiger partial charge in [0.25, 0.3) is 11.6 Å². The van der Waals surface area contributed by atoms with E-state index in [2.05, 4.69) is 20.5 Å². The number of hydrogen-bond donors (Lipinski definition) is 2. The minimum absolute atomic E-state index is 0.0105. The molecule has 132 valence electrons. The van der Waals surface area contributed by atoms with Gasteiger partial charge in [-0.2, -0.15) is 5.10 Å². The number of halogens is 1. The molecule has 0 radical (unpaired) electrons. The van der Waals surface area contributed by atoms with E-state index < -0.39 is 10.8 Å². The maximum Gasteiger partial charge on any atom is 0.270 e. The Morgan fingerprint density at radius 1 is 1.31 bits per heavy atom. The first kappa shape index (κ1) is 17.6. The van der Waals surface area contributed by atoms with Crippen molar-refractivity contribution < 1.29 is 9.72 Å². The number of benzene rings is 1. The van der Waals surface area contributed by atoms with Crippen LogP contribution in [0, 0.1) is 10.1 Å². The Morgan fingerprint density at radius 3 is 2.69 bits per heavy atom. The molecule has 0 aliphatic carbocycles. The summed E-state index contributed by atoms with van der Waals surface area (Å²) >= 11 is 6.02. The van der Waals surface area contributed by atoms with E-state index in [0.717, 1.165) is 22.9 Å². The van der Waals surface area contributed by atoms with Crippen LogP contribution in [0.1, 0.15) is 22.8 Å². The van der Waals surface area contributed by atoms with Crippen LogP contribution in [0.25, 0.3) is 11.3 Å². The number of amides is 1. The van der Waals surface area contributed by atoms with Crippen LogP contribution in [0.15, 0.2) is 42.7 Å². The van der Waals surface area contributed by atoms with Gasteiger partial charge < -0.3 is 5.32 Å². The first-order valence-corrected chi connectivity index (χ1v) is 8.12. The minimum Gasteiger partial charge on any atom is -0.305 e. The zero-order chi connectivity index (χ0) is 18.7. The molecule has 2 aromatic heterocycles. The van der Waals surface area contributed by atoms with Crippen LogP contribution in [0.2, 0.25) is 5.02 Å². The molecule has 2 N–H and O–H groups in total. The summed E-state index contributed by atoms with van der Waals surface area (Å²) in [6.45, 7) is 1.94. The van der Waals surface area contributed by atoms with Gasteiger partial charge in [-0.25, -0.2) is 0 Å². The van der Waals surface area contributed by atoms with Crippen molar-refractivity contribution in [3.8, 4) is 11.3 Å². The average molecular weight is 372 g/mol. The number of non-ortho nitro benzene ring substituents is 1. The molecule has 0 aliphatic heterocycles. The summed E-state index contributed by atoms with van der Waals surface area (Å²) in [7, 11) is 0. The van der Waals surface area contributed by atoms with Crippen LogP contribution in [-0.2, 0) is 6.42 Å². The smallest absolute Gasteiger partial charge is 0.270 e. The zero-order valence-corrected chi connectivity index (χ0v) is 14.4. The monoisotopic (exact) mass is 371 g/mol. The Kier molecular flexibility index (Phi) is 4.94. The van der Waals surface area contributed by atoms with Crippen LogP contribution < -0.4 is 5.32 Å². The van der Waals surface area contributed by atoms with E-state index in [1.807, 2.05) is 19.1 Å². The van der Waals surface area contributed by atoms with Gasteiger partial charge in [0.15, 0.2) is 5.82 Å². The van der Waals surface area contributed by atoms with E-state index in [0.29, 0.717) is 12.2 Å². The minimum atomic E-state index is -0.583. The van der Waals surface area contributed by atoms with Gasteiger partial charge in [-0.3, -0.25) is 25.0 Å². The van der Waals surface area contributed by atoms with Crippen LogP contribution in [0.3, 0.4) is 0 Å². The van der Waals surface area contributed by atoms with E-state index in [1.54, 1.807) is 12.4 Å². The number of hydrogen-bond acceptors (Lipinski definition) is 5. The SMILES string of the molecule is CCc1c(NC(=O)c2cc([N+](=O)[O-])ccc2Cl)n[nH]c1-c1ccncc1. The molecule has 0 aliphatic rings. The van der Waals surface area contributed by atoms with Gasteiger partial charge in [-0.05, 0) is 24.6 Å². The predicted octanol–water partition coefficient (Wildman–Crippen LogP) is 3.85. The van der Waals surface area contributed by atoms with E-state index in [-0.39, 0.29) is 16.3 Å². The lowest BCUT2D eigenvalue weighted by Gasteiger charge is -2.07. The number of nitrogens with one attached hydrogen (secondary N) is 2. The molecule has 0 atom stereocenters. The maximum absolute atomic E-state index is 12.5. The molecule has 9 heteroatoms. The van der Waals surface area contributed by atoms with E-state index in [1.165, 1.54) is 12.1 Å². The largest absolute Gasteiger partial charge is 0.305 e. The number of pyridine rings is 1. The van der Waals surface area contributed by atoms with Gasteiger partial charge in [-0.1, -0.05) is 18.5 Å². The lowest BCUT2D eigenvalue weighted by Crippen LogP contribution is -2.14. The standard InChI is InChI=1S/C17H14ClN5O3/c1-2-12-15(10-5-7-19-8-6-10)21-22-16(12)20-17(24)13-9-11(23(25)26)3-4-14(13)18/h3-9H,2H2,1H3,(H2,20,21,22,24). The summed E-state index contributed by atoms with van der Waals surface area (Å²) in [5.74, 6) is -0.215. The van der Waals surface area contributed by atoms with E-state index in [9.17, 15) is 14.9 Å². The second-order valence-electron chi connectivity index (χ2n) is 5.39. The molecule has 1 aromatic carbocycles. The fourth-order valence-corrected chi connectivity index (χ4v) is 2.75. The number of carbonyl (C=O) groups excluding carboxylic acids is 1. The predicted molar refractivity (Wildman–Crippen MR) is 97.3 cm³/mol. The summed E-state index contributed by atoms with van der Waals surface area (Å²) in [5.41, 5.74) is 2.27. The third kappa shape index (κ3) is 3.40. The number of aromatic amines is 1. The molecule has 8 nitrogen and oxygen atoms in total. The third-order valence-electron chi connectivity index (χ3n) is 3.83. The highest BCUT2D eigenvalue weighted by molar-refractivity contribution is 6.34. The van der Waals surface area contributed by atoms with Gasteiger partial charge in [-0.15, -0.1) is 0 Å². The topological polar surface area (TPSA) is 114 Å². The van der Waals surface area contributed by atoms with Crippen molar-refractivity contribution in [2.24, 2.45) is 0 Å². The molecule has 0 spiro atoms. The van der Waals surface area contributed by atoms with Crippen LogP contribution >= 0.6 is 11.6 Å². The Morgan fingerprint density at radius 2 is 2.04 bits per heavy atom. The molecule has 3 rings (SSSR count). The molecule has 0 saturated heterocycles. The summed E-state index contributed by atoms with van der Waals surface area (Å²) in [5, 5.41) is 20.8. The molecule has 0 unspecified atom stereocenters. The Balaban J connectivity index is 1.92. The van der Waals surface area contributed by atoms with Crippen molar-refractivity contribution >= 4 is 29.0 Å². The fraction of sp³-hybridized carbons (Fsp3) is 0.118. The highest BCUT2D eigenvalue weighted by Gasteiger charge is 2.20. The number of anilines is 1. The quantitative estimate of drug-likeness (QED) is 0.522. The molecule has 0 bridgehead atoms. The lowest BCUT2D eigenvalue weighted by molar-refractivity contribution is -0.384. The highest BCUT2D eigenvalue weighted by Crippen LogP contribution is 2.28. The first-order chi connectivity index (χ1) is 12.5. The highest BCUT2D eigenvalue weighted by atomic mass is 35.5. The van der Waals surface area contributed by atoms with Gasteiger partial charge in [0.05, 0.1) is 21.2 Å². The van der Waals surface area contributed by atoms with Crippen LogP contribution in [-0.4, -0.2) is 26.0 Å². The fourth-order valence-electron chi connectivity index (χ4n) is 2.55. The molecule has 0 saturated carbocycles. The molecule has 3 aromatic rings. The Bertz CT molecular complexity index is 972. The summed E-state index contributed by atoms with van der Waals surface area (Å²) in [4.78, 5) is 26.9. The second-order valence-corrected chi connectivity index (χ2v) is 5.80. The summed E-state index contributed by atoms with van der Waals surface area (Å²) < 4.78 is 0. The summed E-state index contributed by atoms with van der Waals surface area (Å²) in [6, 6.07) is 7.36. The Hall–Kier alpha value is -3.26. The van der Waals surface area contributed by atoms with Crippen molar-refractivity contribution in [2.45, 2.75) is 13.3 Å².